The lowest BCUT2D eigenvalue weighted by Gasteiger charge is -2.26. The number of nitrogens with zero attached hydrogens (tertiary/aromatic N) is 1. The third-order valence-electron chi connectivity index (χ3n) is 3.96. The maximum absolute atomic E-state index is 12.8. The molecule has 112 valence electrons. The first-order chi connectivity index (χ1) is 10.0. The van der Waals surface area contributed by atoms with Crippen molar-refractivity contribution in [2.45, 2.75) is 24.2 Å². The average Bonchev–Trinajstić information content (AvgIpc) is 2.51. The molecule has 1 aliphatic heterocycles. The largest absolute Gasteiger partial charge is 0.506 e. The second-order valence-electron chi connectivity index (χ2n) is 5.32. The van der Waals surface area contributed by atoms with Crippen LogP contribution in [0.4, 0.5) is 5.69 Å². The molecule has 3 N–H and O–H groups in total. The number of anilines is 1. The Morgan fingerprint density at radius 3 is 2.33 bits per heavy atom. The molecular formula is C15H18N2O3S. The molecule has 0 radical (unpaired) electrons. The number of fused-ring (bicyclic) bond motifs is 1. The van der Waals surface area contributed by atoms with Crippen molar-refractivity contribution in [2.24, 2.45) is 0 Å². The summed E-state index contributed by atoms with van der Waals surface area (Å²) in [5, 5.41) is 11.1. The van der Waals surface area contributed by atoms with Crippen LogP contribution < -0.4 is 5.73 Å². The van der Waals surface area contributed by atoms with Gasteiger partial charge < -0.3 is 10.8 Å². The fraction of sp³-hybridized carbons (Fsp3) is 0.333. The first kappa shape index (κ1) is 14.2. The first-order valence-electron chi connectivity index (χ1n) is 7.02. The number of hydrogen-bond donors (Lipinski definition) is 2. The summed E-state index contributed by atoms with van der Waals surface area (Å²) >= 11 is 0. The number of phenolic OH excluding ortho intramolecular Hbond substituents is 1. The highest BCUT2D eigenvalue weighted by Gasteiger charge is 2.28. The van der Waals surface area contributed by atoms with Gasteiger partial charge in [0.1, 0.15) is 5.75 Å². The SMILES string of the molecule is Nc1c(O)cc(S(=O)(=O)N2CCCCC2)c2ccccc12. The third-order valence-corrected chi connectivity index (χ3v) is 5.90. The summed E-state index contributed by atoms with van der Waals surface area (Å²) in [5.74, 6) is -0.190. The van der Waals surface area contributed by atoms with E-state index in [-0.39, 0.29) is 16.3 Å². The molecule has 0 atom stereocenters. The van der Waals surface area contributed by atoms with Crippen LogP contribution in [0.1, 0.15) is 19.3 Å². The summed E-state index contributed by atoms with van der Waals surface area (Å²) in [7, 11) is -3.61. The van der Waals surface area contributed by atoms with Crippen molar-refractivity contribution < 1.29 is 13.5 Å². The number of piperidine rings is 1. The van der Waals surface area contributed by atoms with E-state index in [9.17, 15) is 13.5 Å². The van der Waals surface area contributed by atoms with E-state index in [4.69, 9.17) is 5.73 Å². The molecule has 0 saturated carbocycles. The van der Waals surface area contributed by atoms with Crippen molar-refractivity contribution in [3.8, 4) is 5.75 Å². The molecule has 1 fully saturated rings. The molecule has 0 unspecified atom stereocenters. The monoisotopic (exact) mass is 306 g/mol. The smallest absolute Gasteiger partial charge is 0.243 e. The number of phenols is 1. The molecule has 0 aliphatic carbocycles. The van der Waals surface area contributed by atoms with Gasteiger partial charge in [-0.15, -0.1) is 0 Å². The van der Waals surface area contributed by atoms with Gasteiger partial charge in [0.25, 0.3) is 0 Å². The van der Waals surface area contributed by atoms with Crippen LogP contribution >= 0.6 is 0 Å². The lowest BCUT2D eigenvalue weighted by molar-refractivity contribution is 0.347. The third kappa shape index (κ3) is 2.34. The molecular weight excluding hydrogens is 288 g/mol. The first-order valence-corrected chi connectivity index (χ1v) is 8.46. The number of aromatic hydroxyl groups is 1. The van der Waals surface area contributed by atoms with Gasteiger partial charge in [0, 0.05) is 29.9 Å². The lowest BCUT2D eigenvalue weighted by atomic mass is 10.1. The molecule has 21 heavy (non-hydrogen) atoms. The van der Waals surface area contributed by atoms with Crippen molar-refractivity contribution in [3.05, 3.63) is 30.3 Å². The van der Waals surface area contributed by atoms with Gasteiger partial charge in [-0.3, -0.25) is 0 Å². The summed E-state index contributed by atoms with van der Waals surface area (Å²) in [6, 6.07) is 8.26. The van der Waals surface area contributed by atoms with Gasteiger partial charge >= 0.3 is 0 Å². The topological polar surface area (TPSA) is 83.6 Å². The minimum Gasteiger partial charge on any atom is -0.506 e. The van der Waals surface area contributed by atoms with Gasteiger partial charge in [-0.25, -0.2) is 8.42 Å². The molecule has 5 nitrogen and oxygen atoms in total. The second kappa shape index (κ2) is 5.20. The Kier molecular flexibility index (Phi) is 3.51. The Labute approximate surface area is 124 Å². The molecule has 0 aromatic heterocycles. The number of nitrogen functional groups attached to an aromatic ring is 1. The van der Waals surface area contributed by atoms with E-state index in [0.717, 1.165) is 19.3 Å². The molecule has 1 saturated heterocycles. The zero-order chi connectivity index (χ0) is 15.0. The van der Waals surface area contributed by atoms with Crippen molar-refractivity contribution in [1.29, 1.82) is 0 Å². The average molecular weight is 306 g/mol. The van der Waals surface area contributed by atoms with Crippen LogP contribution in [-0.2, 0) is 10.0 Å². The summed E-state index contributed by atoms with van der Waals surface area (Å²) < 4.78 is 27.2. The van der Waals surface area contributed by atoms with Crippen molar-refractivity contribution in [1.82, 2.24) is 4.31 Å². The molecule has 1 aliphatic rings. The van der Waals surface area contributed by atoms with Crippen LogP contribution in [0.3, 0.4) is 0 Å². The Morgan fingerprint density at radius 2 is 1.67 bits per heavy atom. The maximum Gasteiger partial charge on any atom is 0.243 e. The van der Waals surface area contributed by atoms with E-state index in [1.807, 2.05) is 0 Å². The number of benzene rings is 2. The van der Waals surface area contributed by atoms with Crippen LogP contribution in [0.2, 0.25) is 0 Å². The Morgan fingerprint density at radius 1 is 1.05 bits per heavy atom. The number of rotatable bonds is 2. The van der Waals surface area contributed by atoms with Gasteiger partial charge in [-0.05, 0) is 12.8 Å². The maximum atomic E-state index is 12.8. The van der Waals surface area contributed by atoms with E-state index < -0.39 is 10.0 Å². The summed E-state index contributed by atoms with van der Waals surface area (Å²) in [5.41, 5.74) is 6.06. The molecule has 0 bridgehead atoms. The lowest BCUT2D eigenvalue weighted by Crippen LogP contribution is -2.35. The van der Waals surface area contributed by atoms with Gasteiger partial charge in [0.2, 0.25) is 10.0 Å². The fourth-order valence-corrected chi connectivity index (χ4v) is 4.54. The quantitative estimate of drug-likeness (QED) is 0.658. The minimum absolute atomic E-state index is 0.131. The van der Waals surface area contributed by atoms with Crippen LogP contribution in [0.25, 0.3) is 10.8 Å². The summed E-state index contributed by atoms with van der Waals surface area (Å²) in [6.07, 6.45) is 2.80. The van der Waals surface area contributed by atoms with Gasteiger partial charge in [0.05, 0.1) is 10.6 Å². The van der Waals surface area contributed by atoms with Crippen LogP contribution in [-0.4, -0.2) is 30.9 Å². The van der Waals surface area contributed by atoms with Gasteiger partial charge in [0.15, 0.2) is 0 Å². The molecule has 0 spiro atoms. The van der Waals surface area contributed by atoms with Crippen LogP contribution in [0.15, 0.2) is 35.2 Å². The molecule has 6 heteroatoms. The van der Waals surface area contributed by atoms with E-state index in [1.165, 1.54) is 10.4 Å². The number of nitrogens with two attached hydrogens (primary N) is 1. The normalized spacial score (nSPS) is 17.1. The van der Waals surface area contributed by atoms with E-state index >= 15 is 0 Å². The van der Waals surface area contributed by atoms with Crippen molar-refractivity contribution in [3.63, 3.8) is 0 Å². The predicted octanol–water partition coefficient (Wildman–Crippen LogP) is 2.30. The van der Waals surface area contributed by atoms with E-state index in [0.29, 0.717) is 23.9 Å². The van der Waals surface area contributed by atoms with Gasteiger partial charge in [-0.2, -0.15) is 4.31 Å². The molecule has 2 aromatic carbocycles. The summed E-state index contributed by atoms with van der Waals surface area (Å²) in [4.78, 5) is 0.131. The fourth-order valence-electron chi connectivity index (χ4n) is 2.81. The van der Waals surface area contributed by atoms with Gasteiger partial charge in [-0.1, -0.05) is 30.7 Å². The van der Waals surface area contributed by atoms with Crippen LogP contribution in [0.5, 0.6) is 5.75 Å². The molecule has 0 amide bonds. The second-order valence-corrected chi connectivity index (χ2v) is 7.22. The standard InChI is InChI=1S/C15H18N2O3S/c16-15-12-7-3-2-6-11(12)14(10-13(15)18)21(19,20)17-8-4-1-5-9-17/h2-3,6-7,10,18H,1,4-5,8-9,16H2. The summed E-state index contributed by atoms with van der Waals surface area (Å²) in [6.45, 7) is 1.06. The Hall–Kier alpha value is -1.79. The highest BCUT2D eigenvalue weighted by Crippen LogP contribution is 2.36. The Balaban J connectivity index is 2.22. The highest BCUT2D eigenvalue weighted by molar-refractivity contribution is 7.89. The predicted molar refractivity (Wildman–Crippen MR) is 82.6 cm³/mol. The van der Waals surface area contributed by atoms with E-state index in [1.54, 1.807) is 24.3 Å². The zero-order valence-electron chi connectivity index (χ0n) is 11.6. The van der Waals surface area contributed by atoms with Crippen molar-refractivity contribution in [2.75, 3.05) is 18.8 Å². The minimum atomic E-state index is -3.61. The van der Waals surface area contributed by atoms with Crippen LogP contribution in [0, 0.1) is 0 Å². The molecule has 2 aromatic rings. The van der Waals surface area contributed by atoms with Crippen molar-refractivity contribution >= 4 is 26.5 Å². The number of sulfonamides is 1. The van der Waals surface area contributed by atoms with E-state index in [2.05, 4.69) is 0 Å². The zero-order valence-corrected chi connectivity index (χ0v) is 12.4. The molecule has 3 rings (SSSR count). The highest BCUT2D eigenvalue weighted by atomic mass is 32.2. The Bertz CT molecular complexity index is 781. The number of hydrogen-bond acceptors (Lipinski definition) is 4. The molecule has 1 heterocycles.